The van der Waals surface area contributed by atoms with E-state index in [0.717, 1.165) is 5.39 Å². The molecule has 21 heavy (non-hydrogen) atoms. The first-order chi connectivity index (χ1) is 10.1. The minimum atomic E-state index is -1.07. The number of benzene rings is 1. The highest BCUT2D eigenvalue weighted by Crippen LogP contribution is 2.29. The number of nitrogens with zero attached hydrogens (tertiary/aromatic N) is 2. The van der Waals surface area contributed by atoms with Crippen molar-refractivity contribution in [3.63, 3.8) is 0 Å². The number of halogens is 1. The van der Waals surface area contributed by atoms with Crippen LogP contribution in [-0.4, -0.2) is 21.0 Å². The summed E-state index contributed by atoms with van der Waals surface area (Å²) in [6, 6.07) is 12.0. The average molecular weight is 300 g/mol. The average Bonchev–Trinajstić information content (AvgIpc) is 2.51. The highest BCUT2D eigenvalue weighted by atomic mass is 35.5. The molecule has 5 nitrogen and oxygen atoms in total. The Hall–Kier alpha value is -2.66. The van der Waals surface area contributed by atoms with Gasteiger partial charge in [0.1, 0.15) is 5.82 Å². The molecule has 104 valence electrons. The topological polar surface area (TPSA) is 75.1 Å². The van der Waals surface area contributed by atoms with Gasteiger partial charge in [0, 0.05) is 11.6 Å². The summed E-state index contributed by atoms with van der Waals surface area (Å²) in [5.41, 5.74) is 1.39. The van der Waals surface area contributed by atoms with Crippen molar-refractivity contribution in [2.24, 2.45) is 0 Å². The lowest BCUT2D eigenvalue weighted by Crippen LogP contribution is -2.03. The van der Waals surface area contributed by atoms with Crippen LogP contribution in [0.15, 0.2) is 48.7 Å². The Morgan fingerprint density at radius 2 is 2.00 bits per heavy atom. The van der Waals surface area contributed by atoms with Crippen molar-refractivity contribution in [3.05, 3.63) is 59.4 Å². The molecule has 0 aliphatic heterocycles. The van der Waals surface area contributed by atoms with Gasteiger partial charge >= 0.3 is 5.97 Å². The smallest absolute Gasteiger partial charge is 0.354 e. The summed E-state index contributed by atoms with van der Waals surface area (Å²) in [4.78, 5) is 19.3. The first kappa shape index (κ1) is 13.3. The summed E-state index contributed by atoms with van der Waals surface area (Å²) < 4.78 is 0. The van der Waals surface area contributed by atoms with E-state index in [9.17, 15) is 4.79 Å². The quantitative estimate of drug-likeness (QED) is 0.771. The molecule has 3 aromatic rings. The predicted molar refractivity (Wildman–Crippen MR) is 81.2 cm³/mol. The number of anilines is 2. The van der Waals surface area contributed by atoms with Crippen LogP contribution >= 0.6 is 11.6 Å². The van der Waals surface area contributed by atoms with Crippen molar-refractivity contribution >= 4 is 40.0 Å². The highest BCUT2D eigenvalue weighted by molar-refractivity contribution is 6.35. The van der Waals surface area contributed by atoms with Crippen LogP contribution in [0.5, 0.6) is 0 Å². The fourth-order valence-corrected chi connectivity index (χ4v) is 2.22. The number of carbonyl (C=O) groups is 1. The molecule has 0 unspecified atom stereocenters. The van der Waals surface area contributed by atoms with Crippen LogP contribution in [0.25, 0.3) is 10.9 Å². The van der Waals surface area contributed by atoms with E-state index >= 15 is 0 Å². The molecule has 0 saturated carbocycles. The van der Waals surface area contributed by atoms with E-state index in [1.807, 2.05) is 6.07 Å². The van der Waals surface area contributed by atoms with Gasteiger partial charge < -0.3 is 10.4 Å². The van der Waals surface area contributed by atoms with E-state index in [1.165, 1.54) is 6.07 Å². The summed E-state index contributed by atoms with van der Waals surface area (Å²) in [7, 11) is 0. The number of fused-ring (bicyclic) bond motifs is 1. The molecule has 0 atom stereocenters. The Kier molecular flexibility index (Phi) is 3.41. The van der Waals surface area contributed by atoms with Gasteiger partial charge in [-0.3, -0.25) is 4.98 Å². The number of rotatable bonds is 3. The largest absolute Gasteiger partial charge is 0.477 e. The maximum Gasteiger partial charge on any atom is 0.354 e. The molecule has 1 aromatic carbocycles. The molecule has 0 radical (unpaired) electrons. The summed E-state index contributed by atoms with van der Waals surface area (Å²) in [5, 5.41) is 13.5. The van der Waals surface area contributed by atoms with Crippen LogP contribution in [0.1, 0.15) is 10.5 Å². The molecule has 0 saturated heterocycles. The lowest BCUT2D eigenvalue weighted by atomic mass is 10.2. The van der Waals surface area contributed by atoms with Crippen molar-refractivity contribution in [1.29, 1.82) is 0 Å². The number of carboxylic acids is 1. The lowest BCUT2D eigenvalue weighted by Gasteiger charge is -2.09. The predicted octanol–water partition coefficient (Wildman–Crippen LogP) is 3.73. The third-order valence-corrected chi connectivity index (χ3v) is 3.28. The van der Waals surface area contributed by atoms with Crippen LogP contribution in [0, 0.1) is 0 Å². The molecular weight excluding hydrogens is 290 g/mol. The van der Waals surface area contributed by atoms with Gasteiger partial charge in [-0.15, -0.1) is 0 Å². The maximum atomic E-state index is 10.9. The molecule has 3 rings (SSSR count). The summed E-state index contributed by atoms with van der Waals surface area (Å²) in [5.74, 6) is -0.637. The number of aromatic carboxylic acids is 1. The number of hydrogen-bond donors (Lipinski definition) is 2. The molecule has 0 spiro atoms. The molecular formula is C15H10ClN3O2. The zero-order chi connectivity index (χ0) is 14.8. The van der Waals surface area contributed by atoms with Crippen molar-refractivity contribution in [3.8, 4) is 0 Å². The number of pyridine rings is 2. The van der Waals surface area contributed by atoms with E-state index in [4.69, 9.17) is 16.7 Å². The molecule has 0 amide bonds. The van der Waals surface area contributed by atoms with Crippen LogP contribution in [0.4, 0.5) is 11.5 Å². The molecule has 6 heteroatoms. The van der Waals surface area contributed by atoms with Crippen LogP contribution < -0.4 is 5.32 Å². The van der Waals surface area contributed by atoms with Crippen LogP contribution in [-0.2, 0) is 0 Å². The van der Waals surface area contributed by atoms with Gasteiger partial charge in [0.15, 0.2) is 5.69 Å². The molecule has 0 aliphatic rings. The highest BCUT2D eigenvalue weighted by Gasteiger charge is 2.08. The number of aromatic nitrogens is 2. The van der Waals surface area contributed by atoms with Gasteiger partial charge in [0.2, 0.25) is 0 Å². The SMILES string of the molecule is O=C(O)c1cccc(Nc2ccc(Cl)c3cccnc23)n1. The van der Waals surface area contributed by atoms with Crippen molar-refractivity contribution in [2.75, 3.05) is 5.32 Å². The van der Waals surface area contributed by atoms with E-state index in [-0.39, 0.29) is 5.69 Å². The second-order valence-electron chi connectivity index (χ2n) is 4.33. The van der Waals surface area contributed by atoms with Crippen LogP contribution in [0.2, 0.25) is 5.02 Å². The Labute approximate surface area is 125 Å². The molecule has 0 fully saturated rings. The van der Waals surface area contributed by atoms with E-state index in [2.05, 4.69) is 15.3 Å². The standard InChI is InChI=1S/C15H10ClN3O2/c16-10-6-7-11(14-9(10)3-2-8-17-14)18-13-5-1-4-12(19-13)15(20)21/h1-8H,(H,18,19)(H,20,21). The van der Waals surface area contributed by atoms with Gasteiger partial charge in [0.25, 0.3) is 0 Å². The van der Waals surface area contributed by atoms with Crippen molar-refractivity contribution in [2.45, 2.75) is 0 Å². The number of carboxylic acid groups (broad SMARTS) is 1. The zero-order valence-corrected chi connectivity index (χ0v) is 11.5. The second-order valence-corrected chi connectivity index (χ2v) is 4.74. The van der Waals surface area contributed by atoms with E-state index < -0.39 is 5.97 Å². The fourth-order valence-electron chi connectivity index (χ4n) is 2.00. The Balaban J connectivity index is 2.04. The van der Waals surface area contributed by atoms with Crippen molar-refractivity contribution < 1.29 is 9.90 Å². The first-order valence-corrected chi connectivity index (χ1v) is 6.53. The minimum absolute atomic E-state index is 0.0220. The molecule has 2 heterocycles. The molecule has 2 aromatic heterocycles. The summed E-state index contributed by atoms with van der Waals surface area (Å²) in [6.45, 7) is 0. The Bertz CT molecular complexity index is 836. The third kappa shape index (κ3) is 2.64. The minimum Gasteiger partial charge on any atom is -0.477 e. The number of nitrogens with one attached hydrogen (secondary N) is 1. The van der Waals surface area contributed by atoms with Gasteiger partial charge in [-0.25, -0.2) is 9.78 Å². The van der Waals surface area contributed by atoms with E-state index in [1.54, 1.807) is 36.5 Å². The van der Waals surface area contributed by atoms with Gasteiger partial charge in [-0.1, -0.05) is 17.7 Å². The summed E-state index contributed by atoms with van der Waals surface area (Å²) >= 11 is 6.14. The number of hydrogen-bond acceptors (Lipinski definition) is 4. The van der Waals surface area contributed by atoms with E-state index in [0.29, 0.717) is 22.0 Å². The fraction of sp³-hybridized carbons (Fsp3) is 0. The first-order valence-electron chi connectivity index (χ1n) is 6.16. The van der Waals surface area contributed by atoms with Gasteiger partial charge in [-0.2, -0.15) is 0 Å². The summed E-state index contributed by atoms with van der Waals surface area (Å²) in [6.07, 6.45) is 1.67. The maximum absolute atomic E-state index is 10.9. The Morgan fingerprint density at radius 1 is 1.14 bits per heavy atom. The monoisotopic (exact) mass is 299 g/mol. The van der Waals surface area contributed by atoms with Crippen LogP contribution in [0.3, 0.4) is 0 Å². The molecule has 0 bridgehead atoms. The third-order valence-electron chi connectivity index (χ3n) is 2.95. The lowest BCUT2D eigenvalue weighted by molar-refractivity contribution is 0.0690. The zero-order valence-electron chi connectivity index (χ0n) is 10.7. The van der Waals surface area contributed by atoms with Gasteiger partial charge in [0.05, 0.1) is 16.2 Å². The Morgan fingerprint density at radius 3 is 2.81 bits per heavy atom. The van der Waals surface area contributed by atoms with Crippen molar-refractivity contribution in [1.82, 2.24) is 9.97 Å². The van der Waals surface area contributed by atoms with Gasteiger partial charge in [-0.05, 0) is 36.4 Å². The molecule has 2 N–H and O–H groups in total. The molecule has 0 aliphatic carbocycles. The normalized spacial score (nSPS) is 10.5. The second kappa shape index (κ2) is 5.38.